The van der Waals surface area contributed by atoms with Crippen LogP contribution in [0.15, 0.2) is 0 Å². The predicted molar refractivity (Wildman–Crippen MR) is 39.4 cm³/mol. The Kier molecular flexibility index (Phi) is 1.42. The lowest BCUT2D eigenvalue weighted by molar-refractivity contribution is -0.116. The van der Waals surface area contributed by atoms with Crippen LogP contribution in [0.5, 0.6) is 0 Å². The molecular formula is C5H7N3O2S. The third kappa shape index (κ3) is 0.787. The van der Waals surface area contributed by atoms with Crippen LogP contribution in [0.2, 0.25) is 0 Å². The Labute approximate surface area is 67.7 Å². The van der Waals surface area contributed by atoms with Gasteiger partial charge in [0, 0.05) is 12.3 Å². The molecule has 0 aromatic rings. The molecule has 2 heterocycles. The first kappa shape index (κ1) is 6.78. The van der Waals surface area contributed by atoms with E-state index in [-0.39, 0.29) is 11.5 Å². The summed E-state index contributed by atoms with van der Waals surface area (Å²) in [6.45, 7) is 0.797. The van der Waals surface area contributed by atoms with Gasteiger partial charge in [0.2, 0.25) is 6.41 Å². The van der Waals surface area contributed by atoms with E-state index in [9.17, 15) is 9.59 Å². The molecule has 0 aromatic heterocycles. The molecular weight excluding hydrogens is 166 g/mol. The summed E-state index contributed by atoms with van der Waals surface area (Å²) >= 11 is 1.65. The van der Waals surface area contributed by atoms with Gasteiger partial charge < -0.3 is 0 Å². The van der Waals surface area contributed by atoms with Gasteiger partial charge in [0.25, 0.3) is 0 Å². The number of nitrogens with zero attached hydrogens (tertiary/aromatic N) is 2. The SMILES string of the molecule is O=CNN1C(=O)N2CCS[C@@H]21. The zero-order valence-electron chi connectivity index (χ0n) is 5.69. The van der Waals surface area contributed by atoms with Crippen LogP contribution in [-0.2, 0) is 4.79 Å². The third-order valence-corrected chi connectivity index (χ3v) is 2.91. The van der Waals surface area contributed by atoms with Gasteiger partial charge in [-0.1, -0.05) is 0 Å². The first-order chi connectivity index (χ1) is 5.34. The fourth-order valence-electron chi connectivity index (χ4n) is 1.21. The number of nitrogens with one attached hydrogen (secondary N) is 1. The molecule has 0 spiro atoms. The van der Waals surface area contributed by atoms with Gasteiger partial charge in [-0.2, -0.15) is 0 Å². The van der Waals surface area contributed by atoms with Crippen molar-refractivity contribution in [3.8, 4) is 0 Å². The van der Waals surface area contributed by atoms with Gasteiger partial charge in [0.05, 0.1) is 0 Å². The maximum absolute atomic E-state index is 11.1. The topological polar surface area (TPSA) is 52.7 Å². The number of hydrogen-bond acceptors (Lipinski definition) is 3. The summed E-state index contributed by atoms with van der Waals surface area (Å²) in [5.41, 5.74) is 2.39. The fourth-order valence-corrected chi connectivity index (χ4v) is 2.40. The van der Waals surface area contributed by atoms with Gasteiger partial charge in [-0.05, 0) is 0 Å². The Morgan fingerprint density at radius 3 is 3.27 bits per heavy atom. The van der Waals surface area contributed by atoms with E-state index in [1.54, 1.807) is 16.7 Å². The highest BCUT2D eigenvalue weighted by Crippen LogP contribution is 2.34. The second-order valence-corrected chi connectivity index (χ2v) is 3.45. The summed E-state index contributed by atoms with van der Waals surface area (Å²) in [5.74, 6) is 0.952. The van der Waals surface area contributed by atoms with E-state index in [0.717, 1.165) is 12.3 Å². The summed E-state index contributed by atoms with van der Waals surface area (Å²) < 4.78 is 0. The number of amides is 3. The van der Waals surface area contributed by atoms with Gasteiger partial charge in [-0.15, -0.1) is 11.8 Å². The Bertz CT molecular complexity index is 210. The Morgan fingerprint density at radius 2 is 2.55 bits per heavy atom. The molecule has 0 radical (unpaired) electrons. The van der Waals surface area contributed by atoms with E-state index in [1.807, 2.05) is 0 Å². The second kappa shape index (κ2) is 2.30. The van der Waals surface area contributed by atoms with Crippen LogP contribution in [0.3, 0.4) is 0 Å². The fraction of sp³-hybridized carbons (Fsp3) is 0.600. The van der Waals surface area contributed by atoms with Crippen molar-refractivity contribution in [3.05, 3.63) is 0 Å². The molecule has 11 heavy (non-hydrogen) atoms. The van der Waals surface area contributed by atoms with E-state index >= 15 is 0 Å². The number of hydrogen-bond donors (Lipinski definition) is 1. The standard InChI is InChI=1S/C5H7N3O2S/c9-3-6-8-4(10)7-1-2-11-5(7)8/h3,5H,1-2H2,(H,6,9)/t5-/m0/s1. The Hall–Kier alpha value is -0.910. The highest BCUT2D eigenvalue weighted by Gasteiger charge is 2.48. The van der Waals surface area contributed by atoms with Gasteiger partial charge in [0.1, 0.15) is 0 Å². The zero-order chi connectivity index (χ0) is 7.84. The van der Waals surface area contributed by atoms with Crippen molar-refractivity contribution >= 4 is 24.2 Å². The van der Waals surface area contributed by atoms with Crippen LogP contribution in [0, 0.1) is 0 Å². The number of fused-ring (bicyclic) bond motifs is 1. The first-order valence-electron chi connectivity index (χ1n) is 3.26. The molecule has 0 aliphatic carbocycles. The van der Waals surface area contributed by atoms with E-state index < -0.39 is 0 Å². The summed E-state index contributed by atoms with van der Waals surface area (Å²) in [5, 5.41) is 1.34. The summed E-state index contributed by atoms with van der Waals surface area (Å²) in [6, 6.07) is -0.105. The molecule has 3 amide bonds. The van der Waals surface area contributed by atoms with E-state index in [4.69, 9.17) is 0 Å². The number of carbonyl (C=O) groups is 2. The van der Waals surface area contributed by atoms with Crippen LogP contribution in [-0.4, -0.2) is 40.1 Å². The highest BCUT2D eigenvalue weighted by molar-refractivity contribution is 8.00. The number of rotatable bonds is 2. The molecule has 2 rings (SSSR count). The summed E-state index contributed by atoms with van der Waals surface area (Å²) in [7, 11) is 0. The smallest absolute Gasteiger partial charge is 0.291 e. The molecule has 1 N–H and O–H groups in total. The van der Waals surface area contributed by atoms with Crippen LogP contribution in [0.1, 0.15) is 0 Å². The predicted octanol–water partition coefficient (Wildman–Crippen LogP) is -0.585. The van der Waals surface area contributed by atoms with Crippen LogP contribution < -0.4 is 5.43 Å². The lowest BCUT2D eigenvalue weighted by atomic mass is 10.5. The number of thioether (sulfide) groups is 1. The van der Waals surface area contributed by atoms with Crippen molar-refractivity contribution in [1.82, 2.24) is 15.3 Å². The van der Waals surface area contributed by atoms with Gasteiger partial charge in [-0.25, -0.2) is 9.80 Å². The number of urea groups is 1. The van der Waals surface area contributed by atoms with Crippen LogP contribution in [0.25, 0.3) is 0 Å². The van der Waals surface area contributed by atoms with Crippen molar-refractivity contribution in [3.63, 3.8) is 0 Å². The van der Waals surface area contributed by atoms with Crippen LogP contribution >= 0.6 is 11.8 Å². The normalized spacial score (nSPS) is 28.0. The molecule has 0 aromatic carbocycles. The van der Waals surface area contributed by atoms with Crippen molar-refractivity contribution in [2.24, 2.45) is 0 Å². The van der Waals surface area contributed by atoms with E-state index in [2.05, 4.69) is 5.43 Å². The monoisotopic (exact) mass is 173 g/mol. The largest absolute Gasteiger partial charge is 0.343 e. The van der Waals surface area contributed by atoms with Crippen molar-refractivity contribution in [2.75, 3.05) is 12.3 Å². The molecule has 2 aliphatic heterocycles. The number of hydrazine groups is 1. The Balaban J connectivity index is 2.03. The first-order valence-corrected chi connectivity index (χ1v) is 4.31. The molecule has 0 saturated carbocycles. The molecule has 1 atom stereocenters. The molecule has 2 saturated heterocycles. The van der Waals surface area contributed by atoms with Crippen molar-refractivity contribution < 1.29 is 9.59 Å². The minimum Gasteiger partial charge on any atom is -0.291 e. The van der Waals surface area contributed by atoms with E-state index in [0.29, 0.717) is 6.41 Å². The second-order valence-electron chi connectivity index (χ2n) is 2.29. The lowest BCUT2D eigenvalue weighted by Gasteiger charge is -2.43. The molecule has 0 bridgehead atoms. The van der Waals surface area contributed by atoms with Gasteiger partial charge >= 0.3 is 6.03 Å². The zero-order valence-corrected chi connectivity index (χ0v) is 6.50. The van der Waals surface area contributed by atoms with Crippen molar-refractivity contribution in [2.45, 2.75) is 5.50 Å². The van der Waals surface area contributed by atoms with Gasteiger partial charge in [0.15, 0.2) is 5.50 Å². The molecule has 0 unspecified atom stereocenters. The van der Waals surface area contributed by atoms with E-state index in [1.165, 1.54) is 5.01 Å². The quantitative estimate of drug-likeness (QED) is 0.568. The maximum atomic E-state index is 11.1. The summed E-state index contributed by atoms with van der Waals surface area (Å²) in [4.78, 5) is 22.8. The molecule has 60 valence electrons. The summed E-state index contributed by atoms with van der Waals surface area (Å²) in [6.07, 6.45) is 0.522. The highest BCUT2D eigenvalue weighted by atomic mass is 32.2. The third-order valence-electron chi connectivity index (χ3n) is 1.73. The number of carbonyl (C=O) groups excluding carboxylic acids is 2. The molecule has 5 nitrogen and oxygen atoms in total. The minimum absolute atomic E-state index is 0.0488. The minimum atomic E-state index is -0.105. The molecule has 2 fully saturated rings. The molecule has 2 aliphatic rings. The average molecular weight is 173 g/mol. The Morgan fingerprint density at radius 1 is 1.73 bits per heavy atom. The van der Waals surface area contributed by atoms with Crippen LogP contribution in [0.4, 0.5) is 4.79 Å². The molecule has 6 heteroatoms. The lowest BCUT2D eigenvalue weighted by Crippen LogP contribution is -2.68. The van der Waals surface area contributed by atoms with Crippen molar-refractivity contribution in [1.29, 1.82) is 0 Å². The maximum Gasteiger partial charge on any atom is 0.343 e. The van der Waals surface area contributed by atoms with Gasteiger partial charge in [-0.3, -0.25) is 15.1 Å². The average Bonchev–Trinajstić information content (AvgIpc) is 2.44.